The number of nitrogens with zero attached hydrogens (tertiary/aromatic N) is 3. The van der Waals surface area contributed by atoms with Crippen molar-refractivity contribution in [3.63, 3.8) is 0 Å². The van der Waals surface area contributed by atoms with Gasteiger partial charge in [0.25, 0.3) is 17.4 Å². The summed E-state index contributed by atoms with van der Waals surface area (Å²) in [7, 11) is 0. The number of aromatic amines is 1. The van der Waals surface area contributed by atoms with E-state index in [9.17, 15) is 14.4 Å². The van der Waals surface area contributed by atoms with Gasteiger partial charge in [0, 0.05) is 24.3 Å². The maximum atomic E-state index is 12.9. The van der Waals surface area contributed by atoms with Crippen LogP contribution in [0.3, 0.4) is 0 Å². The molecule has 1 fully saturated rings. The van der Waals surface area contributed by atoms with E-state index in [4.69, 9.17) is 4.74 Å². The van der Waals surface area contributed by atoms with Crippen molar-refractivity contribution in [2.45, 2.75) is 26.1 Å². The zero-order valence-electron chi connectivity index (χ0n) is 18.2. The van der Waals surface area contributed by atoms with E-state index in [2.05, 4.69) is 15.4 Å². The van der Waals surface area contributed by atoms with E-state index in [-0.39, 0.29) is 29.2 Å². The van der Waals surface area contributed by atoms with E-state index in [0.29, 0.717) is 40.9 Å². The summed E-state index contributed by atoms with van der Waals surface area (Å²) in [6.07, 6.45) is 1.41. The number of anilines is 1. The highest BCUT2D eigenvalue weighted by molar-refractivity contribution is 6.08. The van der Waals surface area contributed by atoms with Crippen molar-refractivity contribution in [1.29, 1.82) is 0 Å². The Morgan fingerprint density at radius 1 is 1.06 bits per heavy atom. The van der Waals surface area contributed by atoms with E-state index in [1.807, 2.05) is 19.9 Å². The van der Waals surface area contributed by atoms with Crippen LogP contribution < -0.4 is 10.9 Å². The van der Waals surface area contributed by atoms with Crippen molar-refractivity contribution in [1.82, 2.24) is 19.5 Å². The maximum Gasteiger partial charge on any atom is 0.261 e. The molecule has 0 radical (unpaired) electrons. The van der Waals surface area contributed by atoms with Crippen molar-refractivity contribution < 1.29 is 14.3 Å². The van der Waals surface area contributed by atoms with Crippen LogP contribution in [0.4, 0.5) is 5.69 Å². The number of hydrogen-bond donors (Lipinski definition) is 2. The number of para-hydroxylation sites is 1. The van der Waals surface area contributed by atoms with Crippen LogP contribution in [0.25, 0.3) is 16.6 Å². The average Bonchev–Trinajstić information content (AvgIpc) is 3.23. The molecule has 1 saturated heterocycles. The van der Waals surface area contributed by atoms with Gasteiger partial charge in [-0.05, 0) is 50.2 Å². The number of hydrogen-bond acceptors (Lipinski definition) is 5. The lowest BCUT2D eigenvalue weighted by Crippen LogP contribution is -2.48. The topological polar surface area (TPSA) is 109 Å². The Kier molecular flexibility index (Phi) is 5.18. The first-order valence-electron chi connectivity index (χ1n) is 10.8. The predicted molar refractivity (Wildman–Crippen MR) is 124 cm³/mol. The first-order chi connectivity index (χ1) is 15.9. The monoisotopic (exact) mass is 445 g/mol. The van der Waals surface area contributed by atoms with E-state index >= 15 is 0 Å². The van der Waals surface area contributed by atoms with Gasteiger partial charge in [-0.2, -0.15) is 5.10 Å². The Bertz CT molecular complexity index is 1410. The fraction of sp³-hybridized carbons (Fsp3) is 0.250. The summed E-state index contributed by atoms with van der Waals surface area (Å²) < 4.78 is 7.23. The second-order valence-electron chi connectivity index (χ2n) is 8.29. The third-order valence-electron chi connectivity index (χ3n) is 5.72. The largest absolute Gasteiger partial charge is 0.372 e. The fourth-order valence-corrected chi connectivity index (χ4v) is 4.26. The zero-order valence-corrected chi connectivity index (χ0v) is 18.2. The lowest BCUT2D eigenvalue weighted by atomic mass is 10.1. The molecule has 2 atom stereocenters. The third kappa shape index (κ3) is 3.87. The number of rotatable bonds is 3. The second kappa shape index (κ2) is 8.18. The quantitative estimate of drug-likeness (QED) is 0.504. The molecule has 0 spiro atoms. The molecule has 2 aromatic carbocycles. The van der Waals surface area contributed by atoms with Crippen LogP contribution in [0.2, 0.25) is 0 Å². The van der Waals surface area contributed by atoms with Crippen LogP contribution in [0.5, 0.6) is 0 Å². The molecule has 3 heterocycles. The van der Waals surface area contributed by atoms with Crippen molar-refractivity contribution in [2.24, 2.45) is 0 Å². The number of morpholine rings is 1. The Balaban J connectivity index is 1.36. The van der Waals surface area contributed by atoms with Crippen LogP contribution in [0.15, 0.2) is 59.5 Å². The summed E-state index contributed by atoms with van der Waals surface area (Å²) in [5, 5.41) is 7.57. The SMILES string of the molecule is CC1CN(C(=O)c2ccc(NC(=O)c3cnn4c3[nH]c(=O)c3ccccc34)cc2)CC(C)O1. The van der Waals surface area contributed by atoms with Gasteiger partial charge >= 0.3 is 0 Å². The number of nitrogens with one attached hydrogen (secondary N) is 2. The fourth-order valence-electron chi connectivity index (χ4n) is 4.26. The van der Waals surface area contributed by atoms with E-state index in [0.717, 1.165) is 0 Å². The van der Waals surface area contributed by atoms with Crippen molar-refractivity contribution in [2.75, 3.05) is 18.4 Å². The number of carbonyl (C=O) groups excluding carboxylic acids is 2. The molecule has 1 aliphatic heterocycles. The zero-order chi connectivity index (χ0) is 23.1. The summed E-state index contributed by atoms with van der Waals surface area (Å²) in [6.45, 7) is 4.99. The molecule has 5 rings (SSSR count). The van der Waals surface area contributed by atoms with Gasteiger partial charge in [0.05, 0.1) is 29.3 Å². The molecule has 0 aliphatic carbocycles. The first kappa shape index (κ1) is 20.9. The molecule has 2 amide bonds. The Morgan fingerprint density at radius 3 is 2.48 bits per heavy atom. The molecule has 2 unspecified atom stereocenters. The number of amides is 2. The molecular formula is C24H23N5O4. The van der Waals surface area contributed by atoms with Gasteiger partial charge in [0.15, 0.2) is 0 Å². The molecule has 1 aliphatic rings. The smallest absolute Gasteiger partial charge is 0.261 e. The Labute approximate surface area is 189 Å². The summed E-state index contributed by atoms with van der Waals surface area (Å²) in [5.41, 5.74) is 1.96. The van der Waals surface area contributed by atoms with Crippen molar-refractivity contribution in [3.8, 4) is 0 Å². The highest BCUT2D eigenvalue weighted by atomic mass is 16.5. The van der Waals surface area contributed by atoms with Crippen molar-refractivity contribution >= 4 is 34.1 Å². The van der Waals surface area contributed by atoms with Crippen LogP contribution >= 0.6 is 0 Å². The summed E-state index contributed by atoms with van der Waals surface area (Å²) in [4.78, 5) is 42.7. The molecule has 168 valence electrons. The molecule has 9 heteroatoms. The molecule has 9 nitrogen and oxygen atoms in total. The van der Waals surface area contributed by atoms with E-state index in [1.165, 1.54) is 10.7 Å². The predicted octanol–water partition coefficient (Wildman–Crippen LogP) is 2.68. The number of ether oxygens (including phenoxy) is 1. The first-order valence-corrected chi connectivity index (χ1v) is 10.8. The minimum atomic E-state index is -0.411. The molecule has 0 bridgehead atoms. The number of carbonyl (C=O) groups is 2. The summed E-state index contributed by atoms with van der Waals surface area (Å²) >= 11 is 0. The third-order valence-corrected chi connectivity index (χ3v) is 5.72. The standard InChI is InChI=1S/C24H23N5O4/c1-14-12-28(13-15(2)33-14)24(32)16-7-9-17(10-8-16)26-23(31)19-11-25-29-20-6-4-3-5-18(20)22(30)27-21(19)29/h3-11,14-15H,12-13H2,1-2H3,(H,26,31)(H,27,30). The number of fused-ring (bicyclic) bond motifs is 3. The Hall–Kier alpha value is -3.98. The minimum absolute atomic E-state index is 0.00864. The van der Waals surface area contributed by atoms with Gasteiger partial charge in [-0.3, -0.25) is 14.4 Å². The van der Waals surface area contributed by atoms with Crippen molar-refractivity contribution in [3.05, 3.63) is 76.2 Å². The van der Waals surface area contributed by atoms with E-state index in [1.54, 1.807) is 47.4 Å². The average molecular weight is 445 g/mol. The summed E-state index contributed by atoms with van der Waals surface area (Å²) in [5.74, 6) is -0.479. The maximum absolute atomic E-state index is 12.9. The molecule has 4 aromatic rings. The number of H-pyrrole nitrogens is 1. The lowest BCUT2D eigenvalue weighted by Gasteiger charge is -2.35. The van der Waals surface area contributed by atoms with Crippen LogP contribution in [0.1, 0.15) is 34.6 Å². The molecule has 0 saturated carbocycles. The summed E-state index contributed by atoms with van der Waals surface area (Å²) in [6, 6.07) is 13.8. The lowest BCUT2D eigenvalue weighted by molar-refractivity contribution is -0.0586. The van der Waals surface area contributed by atoms with Gasteiger partial charge in [-0.25, -0.2) is 4.52 Å². The highest BCUT2D eigenvalue weighted by Gasteiger charge is 2.26. The van der Waals surface area contributed by atoms with Gasteiger partial charge in [-0.15, -0.1) is 0 Å². The number of aromatic nitrogens is 3. The molecular weight excluding hydrogens is 422 g/mol. The second-order valence-corrected chi connectivity index (χ2v) is 8.29. The highest BCUT2D eigenvalue weighted by Crippen LogP contribution is 2.18. The molecule has 33 heavy (non-hydrogen) atoms. The van der Waals surface area contributed by atoms with Gasteiger partial charge < -0.3 is 19.9 Å². The van der Waals surface area contributed by atoms with Gasteiger partial charge in [0.2, 0.25) is 0 Å². The normalized spacial score (nSPS) is 18.5. The van der Waals surface area contributed by atoms with E-state index < -0.39 is 5.91 Å². The van der Waals surface area contributed by atoms with Crippen LogP contribution in [-0.4, -0.2) is 56.6 Å². The van der Waals surface area contributed by atoms with Gasteiger partial charge in [-0.1, -0.05) is 12.1 Å². The van der Waals surface area contributed by atoms with Gasteiger partial charge in [0.1, 0.15) is 11.2 Å². The minimum Gasteiger partial charge on any atom is -0.372 e. The number of benzene rings is 2. The molecule has 2 aromatic heterocycles. The Morgan fingerprint density at radius 2 is 1.76 bits per heavy atom. The molecule has 2 N–H and O–H groups in total. The van der Waals surface area contributed by atoms with Crippen LogP contribution in [0, 0.1) is 0 Å². The van der Waals surface area contributed by atoms with Crippen LogP contribution in [-0.2, 0) is 4.74 Å².